The monoisotopic (exact) mass is 362 g/mol. The Morgan fingerprint density at radius 3 is 1.69 bits per heavy atom. The molecule has 1 aromatic rings. The number of rotatable bonds is 16. The van der Waals surface area contributed by atoms with Crippen LogP contribution in [0.1, 0.15) is 96.8 Å². The Hall–Kier alpha value is -1.51. The second-order valence-corrected chi connectivity index (χ2v) is 7.12. The van der Waals surface area contributed by atoms with Gasteiger partial charge in [-0.05, 0) is 18.6 Å². The van der Waals surface area contributed by atoms with Crippen LogP contribution >= 0.6 is 0 Å². The van der Waals surface area contributed by atoms with Gasteiger partial charge in [0.05, 0.1) is 7.11 Å². The van der Waals surface area contributed by atoms with Gasteiger partial charge in [0.2, 0.25) is 0 Å². The highest BCUT2D eigenvalue weighted by Crippen LogP contribution is 2.26. The van der Waals surface area contributed by atoms with E-state index in [4.69, 9.17) is 9.47 Å². The van der Waals surface area contributed by atoms with Crippen molar-refractivity contribution >= 4 is 5.97 Å². The molecule has 0 saturated carbocycles. The number of carbonyl (C=O) groups excluding carboxylic acids is 1. The fraction of sp³-hybridized carbons (Fsp3) is 0.696. The van der Waals surface area contributed by atoms with Crippen molar-refractivity contribution in [3.63, 3.8) is 0 Å². The molecule has 0 aromatic heterocycles. The van der Waals surface area contributed by atoms with Crippen LogP contribution in [-0.2, 0) is 4.79 Å². The lowest BCUT2D eigenvalue weighted by molar-refractivity contribution is -0.134. The topological polar surface area (TPSA) is 35.5 Å². The van der Waals surface area contributed by atoms with Gasteiger partial charge in [-0.25, -0.2) is 0 Å². The van der Waals surface area contributed by atoms with Crippen LogP contribution in [0, 0.1) is 0 Å². The van der Waals surface area contributed by atoms with Gasteiger partial charge in [0.15, 0.2) is 11.5 Å². The number of methoxy groups -OCH3 is 1. The molecule has 3 nitrogen and oxygen atoms in total. The summed E-state index contributed by atoms with van der Waals surface area (Å²) >= 11 is 0. The fourth-order valence-electron chi connectivity index (χ4n) is 3.16. The van der Waals surface area contributed by atoms with Crippen molar-refractivity contribution < 1.29 is 14.3 Å². The Kier molecular flexibility index (Phi) is 13.6. The van der Waals surface area contributed by atoms with Crippen LogP contribution < -0.4 is 9.47 Å². The second kappa shape index (κ2) is 15.7. The molecule has 0 aliphatic carbocycles. The first-order valence-electron chi connectivity index (χ1n) is 10.6. The molecule has 1 aromatic carbocycles. The maximum atomic E-state index is 11.9. The zero-order valence-electron chi connectivity index (χ0n) is 16.9. The molecular weight excluding hydrogens is 324 g/mol. The molecule has 26 heavy (non-hydrogen) atoms. The maximum absolute atomic E-state index is 11.9. The zero-order chi connectivity index (χ0) is 18.9. The Morgan fingerprint density at radius 1 is 0.731 bits per heavy atom. The van der Waals surface area contributed by atoms with E-state index in [2.05, 4.69) is 6.92 Å². The van der Waals surface area contributed by atoms with Gasteiger partial charge in [-0.15, -0.1) is 0 Å². The van der Waals surface area contributed by atoms with Gasteiger partial charge in [0.25, 0.3) is 0 Å². The molecule has 3 heteroatoms. The summed E-state index contributed by atoms with van der Waals surface area (Å²) in [5, 5.41) is 0. The first-order valence-corrected chi connectivity index (χ1v) is 10.6. The first-order chi connectivity index (χ1) is 12.8. The normalized spacial score (nSPS) is 10.7. The lowest BCUT2D eigenvalue weighted by Gasteiger charge is -2.08. The Morgan fingerprint density at radius 2 is 1.19 bits per heavy atom. The Bertz CT molecular complexity index is 470. The number of para-hydroxylation sites is 2. The van der Waals surface area contributed by atoms with Crippen LogP contribution in [-0.4, -0.2) is 13.1 Å². The van der Waals surface area contributed by atoms with E-state index in [1.165, 1.54) is 70.6 Å². The molecule has 0 spiro atoms. The highest BCUT2D eigenvalue weighted by Gasteiger charge is 2.08. The van der Waals surface area contributed by atoms with E-state index in [1.807, 2.05) is 12.1 Å². The number of benzene rings is 1. The summed E-state index contributed by atoms with van der Waals surface area (Å²) in [5.74, 6) is 0.943. The van der Waals surface area contributed by atoms with E-state index >= 15 is 0 Å². The summed E-state index contributed by atoms with van der Waals surface area (Å²) in [6.45, 7) is 2.27. The van der Waals surface area contributed by atoms with Crippen LogP contribution in [0.5, 0.6) is 11.5 Å². The number of hydrogen-bond donors (Lipinski definition) is 0. The molecular formula is C23H38O3. The van der Waals surface area contributed by atoms with Crippen LogP contribution in [0.4, 0.5) is 0 Å². The smallest absolute Gasteiger partial charge is 0.311 e. The fourth-order valence-corrected chi connectivity index (χ4v) is 3.16. The first kappa shape index (κ1) is 22.5. The molecule has 0 aliphatic rings. The van der Waals surface area contributed by atoms with E-state index in [0.29, 0.717) is 17.9 Å². The van der Waals surface area contributed by atoms with Gasteiger partial charge in [-0.2, -0.15) is 0 Å². The van der Waals surface area contributed by atoms with Crippen molar-refractivity contribution in [1.29, 1.82) is 0 Å². The van der Waals surface area contributed by atoms with Crippen LogP contribution in [0.15, 0.2) is 24.3 Å². The van der Waals surface area contributed by atoms with E-state index in [-0.39, 0.29) is 5.97 Å². The molecule has 0 saturated heterocycles. The molecule has 1 rings (SSSR count). The van der Waals surface area contributed by atoms with Gasteiger partial charge in [-0.1, -0.05) is 96.1 Å². The average molecular weight is 363 g/mol. The summed E-state index contributed by atoms with van der Waals surface area (Å²) in [4.78, 5) is 11.9. The zero-order valence-corrected chi connectivity index (χ0v) is 16.9. The standard InChI is InChI=1S/C23H38O3/c1-3-4-5-6-7-8-9-10-11-12-13-14-15-20-23(24)26-22-19-17-16-18-21(22)25-2/h16-19H,3-15,20H2,1-2H3. The number of unbranched alkanes of at least 4 members (excludes halogenated alkanes) is 12. The van der Waals surface area contributed by atoms with Crippen molar-refractivity contribution in [2.24, 2.45) is 0 Å². The van der Waals surface area contributed by atoms with E-state index in [1.54, 1.807) is 19.2 Å². The molecule has 0 unspecified atom stereocenters. The minimum Gasteiger partial charge on any atom is -0.493 e. The summed E-state index contributed by atoms with van der Waals surface area (Å²) in [7, 11) is 1.58. The third kappa shape index (κ3) is 11.2. The maximum Gasteiger partial charge on any atom is 0.311 e. The van der Waals surface area contributed by atoms with Gasteiger partial charge in [-0.3, -0.25) is 4.79 Å². The highest BCUT2D eigenvalue weighted by atomic mass is 16.6. The lowest BCUT2D eigenvalue weighted by Crippen LogP contribution is -2.08. The summed E-state index contributed by atoms with van der Waals surface area (Å²) in [6, 6.07) is 7.27. The van der Waals surface area contributed by atoms with Crippen LogP contribution in [0.3, 0.4) is 0 Å². The minimum absolute atomic E-state index is 0.169. The van der Waals surface area contributed by atoms with E-state index in [9.17, 15) is 4.79 Å². The Labute approximate surface area is 160 Å². The van der Waals surface area contributed by atoms with Crippen molar-refractivity contribution in [3.8, 4) is 11.5 Å². The van der Waals surface area contributed by atoms with E-state index in [0.717, 1.165) is 12.8 Å². The molecule has 0 fully saturated rings. The summed E-state index contributed by atoms with van der Waals surface area (Å²) < 4.78 is 10.6. The average Bonchev–Trinajstić information content (AvgIpc) is 2.66. The number of ether oxygens (including phenoxy) is 2. The second-order valence-electron chi connectivity index (χ2n) is 7.12. The predicted octanol–water partition coefficient (Wildman–Crippen LogP) is 7.08. The predicted molar refractivity (Wildman–Crippen MR) is 109 cm³/mol. The SMILES string of the molecule is CCCCCCCCCCCCCCCC(=O)Oc1ccccc1OC. The van der Waals surface area contributed by atoms with Gasteiger partial charge < -0.3 is 9.47 Å². The third-order valence-electron chi connectivity index (χ3n) is 4.78. The lowest BCUT2D eigenvalue weighted by atomic mass is 10.0. The van der Waals surface area contributed by atoms with E-state index < -0.39 is 0 Å². The van der Waals surface area contributed by atoms with Gasteiger partial charge in [0, 0.05) is 6.42 Å². The van der Waals surface area contributed by atoms with Crippen molar-refractivity contribution in [2.75, 3.05) is 7.11 Å². The van der Waals surface area contributed by atoms with Crippen molar-refractivity contribution in [1.82, 2.24) is 0 Å². The summed E-state index contributed by atoms with van der Waals surface area (Å²) in [6.07, 6.45) is 17.5. The highest BCUT2D eigenvalue weighted by molar-refractivity contribution is 5.73. The van der Waals surface area contributed by atoms with Crippen molar-refractivity contribution in [3.05, 3.63) is 24.3 Å². The molecule has 0 aliphatic heterocycles. The number of hydrogen-bond acceptors (Lipinski definition) is 3. The Balaban J connectivity index is 1.92. The minimum atomic E-state index is -0.169. The van der Waals surface area contributed by atoms with Gasteiger partial charge >= 0.3 is 5.97 Å². The largest absolute Gasteiger partial charge is 0.493 e. The molecule has 0 atom stereocenters. The van der Waals surface area contributed by atoms with Crippen LogP contribution in [0.25, 0.3) is 0 Å². The molecule has 0 bridgehead atoms. The number of carbonyl (C=O) groups is 1. The van der Waals surface area contributed by atoms with Gasteiger partial charge in [0.1, 0.15) is 0 Å². The van der Waals surface area contributed by atoms with Crippen LogP contribution in [0.2, 0.25) is 0 Å². The molecule has 0 N–H and O–H groups in total. The molecule has 0 amide bonds. The van der Waals surface area contributed by atoms with Crippen molar-refractivity contribution in [2.45, 2.75) is 96.8 Å². The number of esters is 1. The third-order valence-corrected chi connectivity index (χ3v) is 4.78. The molecule has 148 valence electrons. The summed E-state index contributed by atoms with van der Waals surface area (Å²) in [5.41, 5.74) is 0. The quantitative estimate of drug-likeness (QED) is 0.179. The molecule has 0 radical (unpaired) electrons. The molecule has 0 heterocycles.